The second-order valence-corrected chi connectivity index (χ2v) is 4.97. The number of hydrogen-bond donors (Lipinski definition) is 2. The quantitative estimate of drug-likeness (QED) is 0.737. The molecule has 1 aromatic carbocycles. The zero-order chi connectivity index (χ0) is 12.9. The summed E-state index contributed by atoms with van der Waals surface area (Å²) in [6, 6.07) is 6.31. The molecule has 0 amide bonds. The van der Waals surface area contributed by atoms with Gasteiger partial charge in [-0.25, -0.2) is 0 Å². The first-order chi connectivity index (χ1) is 8.00. The third-order valence-corrected chi connectivity index (χ3v) is 2.81. The molecule has 0 radical (unpaired) electrons. The summed E-state index contributed by atoms with van der Waals surface area (Å²) < 4.78 is 0. The monoisotopic (exact) mass is 232 g/mol. The van der Waals surface area contributed by atoms with Crippen LogP contribution in [-0.4, -0.2) is 6.54 Å². The first kappa shape index (κ1) is 13.8. The van der Waals surface area contributed by atoms with E-state index >= 15 is 0 Å². The third kappa shape index (κ3) is 3.60. The summed E-state index contributed by atoms with van der Waals surface area (Å²) >= 11 is 0. The fourth-order valence-electron chi connectivity index (χ4n) is 2.06. The molecule has 3 N–H and O–H groups in total. The van der Waals surface area contributed by atoms with E-state index in [4.69, 9.17) is 5.73 Å². The smallest absolute Gasteiger partial charge is 0.0378 e. The molecule has 0 saturated carbocycles. The van der Waals surface area contributed by atoms with E-state index in [0.717, 1.165) is 19.4 Å². The van der Waals surface area contributed by atoms with Gasteiger partial charge < -0.3 is 11.1 Å². The predicted molar refractivity (Wildman–Crippen MR) is 76.3 cm³/mol. The molecule has 17 heavy (non-hydrogen) atoms. The van der Waals surface area contributed by atoms with Crippen LogP contribution in [0.1, 0.15) is 38.3 Å². The van der Waals surface area contributed by atoms with Crippen molar-refractivity contribution in [2.45, 2.75) is 39.2 Å². The fourth-order valence-corrected chi connectivity index (χ4v) is 2.06. The topological polar surface area (TPSA) is 38.0 Å². The number of benzene rings is 1. The van der Waals surface area contributed by atoms with E-state index in [9.17, 15) is 0 Å². The molecule has 0 saturated heterocycles. The highest BCUT2D eigenvalue weighted by atomic mass is 14.9. The Morgan fingerprint density at radius 2 is 2.12 bits per heavy atom. The molecule has 0 aromatic heterocycles. The lowest BCUT2D eigenvalue weighted by atomic mass is 9.88. The Kier molecular flexibility index (Phi) is 4.76. The molecule has 2 nitrogen and oxygen atoms in total. The van der Waals surface area contributed by atoms with Gasteiger partial charge in [0.15, 0.2) is 0 Å². The van der Waals surface area contributed by atoms with Crippen LogP contribution in [-0.2, 0) is 12.0 Å². The standard InChI is InChI=1S/C15H24N2/c1-5-8-12-13(15(3,4)16)9-7-10-14(12)17-11-6-2/h6-7,9-10,17H,2,5,8,11,16H2,1,3-4H3. The molecule has 1 rings (SSSR count). The van der Waals surface area contributed by atoms with Crippen LogP contribution < -0.4 is 11.1 Å². The summed E-state index contributed by atoms with van der Waals surface area (Å²) in [4.78, 5) is 0. The molecule has 0 bridgehead atoms. The Morgan fingerprint density at radius 3 is 2.65 bits per heavy atom. The lowest BCUT2D eigenvalue weighted by Crippen LogP contribution is -2.30. The number of anilines is 1. The van der Waals surface area contributed by atoms with E-state index in [1.165, 1.54) is 16.8 Å². The second-order valence-electron chi connectivity index (χ2n) is 4.97. The first-order valence-electron chi connectivity index (χ1n) is 6.26. The van der Waals surface area contributed by atoms with Gasteiger partial charge in [0.25, 0.3) is 0 Å². The molecule has 0 aliphatic carbocycles. The van der Waals surface area contributed by atoms with Crippen molar-refractivity contribution >= 4 is 5.69 Å². The van der Waals surface area contributed by atoms with E-state index in [1.807, 2.05) is 6.08 Å². The Hall–Kier alpha value is -1.28. The van der Waals surface area contributed by atoms with Gasteiger partial charge in [0, 0.05) is 17.8 Å². The number of rotatable bonds is 6. The molecule has 0 fully saturated rings. The van der Waals surface area contributed by atoms with Gasteiger partial charge in [0.05, 0.1) is 0 Å². The van der Waals surface area contributed by atoms with Crippen LogP contribution in [0.5, 0.6) is 0 Å². The Bertz CT molecular complexity index is 375. The predicted octanol–water partition coefficient (Wildman–Crippen LogP) is 3.43. The van der Waals surface area contributed by atoms with Crippen molar-refractivity contribution in [1.29, 1.82) is 0 Å². The van der Waals surface area contributed by atoms with Gasteiger partial charge in [-0.15, -0.1) is 6.58 Å². The summed E-state index contributed by atoms with van der Waals surface area (Å²) in [5.74, 6) is 0. The summed E-state index contributed by atoms with van der Waals surface area (Å²) in [5.41, 5.74) is 9.69. The van der Waals surface area contributed by atoms with Crippen molar-refractivity contribution < 1.29 is 0 Å². The van der Waals surface area contributed by atoms with Crippen molar-refractivity contribution in [3.05, 3.63) is 42.0 Å². The minimum Gasteiger partial charge on any atom is -0.381 e. The van der Waals surface area contributed by atoms with Gasteiger partial charge in [0.2, 0.25) is 0 Å². The summed E-state index contributed by atoms with van der Waals surface area (Å²) in [6.07, 6.45) is 4.04. The average Bonchev–Trinajstić information content (AvgIpc) is 2.26. The first-order valence-corrected chi connectivity index (χ1v) is 6.26. The van der Waals surface area contributed by atoms with Gasteiger partial charge >= 0.3 is 0 Å². The van der Waals surface area contributed by atoms with Crippen LogP contribution in [0.15, 0.2) is 30.9 Å². The molecule has 2 heteroatoms. The van der Waals surface area contributed by atoms with Crippen LogP contribution in [0.25, 0.3) is 0 Å². The van der Waals surface area contributed by atoms with Gasteiger partial charge in [0.1, 0.15) is 0 Å². The Morgan fingerprint density at radius 1 is 1.41 bits per heavy atom. The molecule has 0 aliphatic heterocycles. The minimum atomic E-state index is -0.295. The minimum absolute atomic E-state index is 0.295. The van der Waals surface area contributed by atoms with Gasteiger partial charge in [-0.3, -0.25) is 0 Å². The second kappa shape index (κ2) is 5.87. The normalized spacial score (nSPS) is 11.3. The van der Waals surface area contributed by atoms with E-state index in [1.54, 1.807) is 0 Å². The molecule has 1 aromatic rings. The highest BCUT2D eigenvalue weighted by Crippen LogP contribution is 2.28. The molecule has 0 atom stereocenters. The lowest BCUT2D eigenvalue weighted by Gasteiger charge is -2.25. The fraction of sp³-hybridized carbons (Fsp3) is 0.467. The number of nitrogens with two attached hydrogens (primary N) is 1. The molecule has 0 aliphatic rings. The maximum Gasteiger partial charge on any atom is 0.0378 e. The Labute approximate surface area is 105 Å². The van der Waals surface area contributed by atoms with Crippen molar-refractivity contribution in [2.75, 3.05) is 11.9 Å². The summed E-state index contributed by atoms with van der Waals surface area (Å²) in [7, 11) is 0. The highest BCUT2D eigenvalue weighted by Gasteiger charge is 2.19. The van der Waals surface area contributed by atoms with Crippen LogP contribution in [0.2, 0.25) is 0 Å². The molecular formula is C15H24N2. The average molecular weight is 232 g/mol. The van der Waals surface area contributed by atoms with E-state index in [2.05, 4.69) is 50.9 Å². The van der Waals surface area contributed by atoms with Crippen LogP contribution in [0, 0.1) is 0 Å². The summed E-state index contributed by atoms with van der Waals surface area (Å²) in [5, 5.41) is 3.39. The van der Waals surface area contributed by atoms with E-state index in [-0.39, 0.29) is 5.54 Å². The van der Waals surface area contributed by atoms with Crippen LogP contribution >= 0.6 is 0 Å². The number of hydrogen-bond acceptors (Lipinski definition) is 2. The zero-order valence-electron chi connectivity index (χ0n) is 11.2. The van der Waals surface area contributed by atoms with Gasteiger partial charge in [-0.2, -0.15) is 0 Å². The zero-order valence-corrected chi connectivity index (χ0v) is 11.2. The van der Waals surface area contributed by atoms with Gasteiger partial charge in [-0.1, -0.05) is 31.6 Å². The van der Waals surface area contributed by atoms with Crippen LogP contribution in [0.3, 0.4) is 0 Å². The van der Waals surface area contributed by atoms with Gasteiger partial charge in [-0.05, 0) is 37.5 Å². The molecule has 0 unspecified atom stereocenters. The van der Waals surface area contributed by atoms with Crippen molar-refractivity contribution in [3.8, 4) is 0 Å². The third-order valence-electron chi connectivity index (χ3n) is 2.81. The van der Waals surface area contributed by atoms with Crippen molar-refractivity contribution in [2.24, 2.45) is 5.73 Å². The van der Waals surface area contributed by atoms with E-state index < -0.39 is 0 Å². The largest absolute Gasteiger partial charge is 0.381 e. The number of nitrogens with one attached hydrogen (secondary N) is 1. The molecule has 0 spiro atoms. The SMILES string of the molecule is C=CCNc1cccc(C(C)(C)N)c1CCC. The summed E-state index contributed by atoms with van der Waals surface area (Å²) in [6.45, 7) is 10.8. The van der Waals surface area contributed by atoms with Crippen LogP contribution in [0.4, 0.5) is 5.69 Å². The maximum atomic E-state index is 6.24. The lowest BCUT2D eigenvalue weighted by molar-refractivity contribution is 0.547. The highest BCUT2D eigenvalue weighted by molar-refractivity contribution is 5.56. The van der Waals surface area contributed by atoms with Crippen molar-refractivity contribution in [1.82, 2.24) is 0 Å². The maximum absolute atomic E-state index is 6.24. The molecule has 94 valence electrons. The Balaban J connectivity index is 3.16. The molecule has 0 heterocycles. The van der Waals surface area contributed by atoms with E-state index in [0.29, 0.717) is 0 Å². The molecular weight excluding hydrogens is 208 g/mol. The van der Waals surface area contributed by atoms with Crippen molar-refractivity contribution in [3.63, 3.8) is 0 Å².